The fraction of sp³-hybridized carbons (Fsp3) is 0.533. The molecule has 0 aromatic carbocycles. The molecule has 1 rings (SSSR count). The summed E-state index contributed by atoms with van der Waals surface area (Å²) in [6.45, 7) is 4.28. The van der Waals surface area contributed by atoms with Gasteiger partial charge in [-0.1, -0.05) is 51.0 Å². The number of carbonyl (C=O) groups excluding carboxylic acids is 1. The van der Waals surface area contributed by atoms with E-state index in [1.54, 1.807) is 6.08 Å². The summed E-state index contributed by atoms with van der Waals surface area (Å²) in [5, 5.41) is 0. The SMILES string of the molecule is CC/C=C1/C(=O)C=C[C@@H]1C/C=C\CCCC. The highest BCUT2D eigenvalue weighted by atomic mass is 16.1. The van der Waals surface area contributed by atoms with Crippen molar-refractivity contribution < 1.29 is 4.79 Å². The van der Waals surface area contributed by atoms with E-state index in [9.17, 15) is 4.79 Å². The number of unbranched alkanes of at least 4 members (excludes halogenated alkanes) is 2. The Morgan fingerprint density at radius 1 is 1.31 bits per heavy atom. The van der Waals surface area contributed by atoms with Gasteiger partial charge in [0, 0.05) is 11.5 Å². The number of allylic oxidation sites excluding steroid dienone is 6. The number of carbonyl (C=O) groups is 1. The third kappa shape index (κ3) is 3.80. The maximum Gasteiger partial charge on any atom is 0.181 e. The normalized spacial score (nSPS) is 22.8. The van der Waals surface area contributed by atoms with E-state index in [-0.39, 0.29) is 5.78 Å². The van der Waals surface area contributed by atoms with Gasteiger partial charge in [0.2, 0.25) is 0 Å². The van der Waals surface area contributed by atoms with Crippen molar-refractivity contribution in [2.24, 2.45) is 5.92 Å². The molecule has 1 nitrogen and oxygen atoms in total. The largest absolute Gasteiger partial charge is 0.290 e. The second kappa shape index (κ2) is 7.21. The van der Waals surface area contributed by atoms with Gasteiger partial charge in [0.1, 0.15) is 0 Å². The lowest BCUT2D eigenvalue weighted by Crippen LogP contribution is -2.01. The molecular weight excluding hydrogens is 196 g/mol. The Morgan fingerprint density at radius 2 is 2.12 bits per heavy atom. The Morgan fingerprint density at radius 3 is 2.81 bits per heavy atom. The molecule has 0 heterocycles. The molecule has 0 fully saturated rings. The van der Waals surface area contributed by atoms with Crippen LogP contribution in [-0.2, 0) is 4.79 Å². The van der Waals surface area contributed by atoms with E-state index in [0.29, 0.717) is 5.92 Å². The zero-order chi connectivity index (χ0) is 11.8. The van der Waals surface area contributed by atoms with Crippen LogP contribution in [0.5, 0.6) is 0 Å². The minimum atomic E-state index is 0.203. The van der Waals surface area contributed by atoms with Gasteiger partial charge in [0.15, 0.2) is 5.78 Å². The van der Waals surface area contributed by atoms with Crippen molar-refractivity contribution in [3.05, 3.63) is 36.0 Å². The summed E-state index contributed by atoms with van der Waals surface area (Å²) in [6.07, 6.45) is 15.8. The highest BCUT2D eigenvalue weighted by Crippen LogP contribution is 2.25. The summed E-state index contributed by atoms with van der Waals surface area (Å²) in [5.74, 6) is 0.527. The number of hydrogen-bond donors (Lipinski definition) is 0. The van der Waals surface area contributed by atoms with E-state index in [0.717, 1.165) is 24.8 Å². The molecule has 0 spiro atoms. The van der Waals surface area contributed by atoms with E-state index in [2.05, 4.69) is 32.1 Å². The smallest absolute Gasteiger partial charge is 0.181 e. The molecule has 1 heteroatoms. The van der Waals surface area contributed by atoms with Gasteiger partial charge in [-0.2, -0.15) is 0 Å². The summed E-state index contributed by atoms with van der Waals surface area (Å²) < 4.78 is 0. The van der Waals surface area contributed by atoms with Crippen molar-refractivity contribution >= 4 is 5.78 Å². The molecule has 0 bridgehead atoms. The molecule has 0 unspecified atom stereocenters. The Balaban J connectivity index is 2.42. The Kier molecular flexibility index (Phi) is 5.84. The second-order valence-electron chi connectivity index (χ2n) is 4.25. The molecule has 0 aromatic rings. The minimum Gasteiger partial charge on any atom is -0.290 e. The lowest BCUT2D eigenvalue weighted by molar-refractivity contribution is -0.111. The van der Waals surface area contributed by atoms with Crippen molar-refractivity contribution in [3.8, 4) is 0 Å². The van der Waals surface area contributed by atoms with Crippen molar-refractivity contribution in [2.75, 3.05) is 0 Å². The molecular formula is C15H22O. The lowest BCUT2D eigenvalue weighted by atomic mass is 9.97. The summed E-state index contributed by atoms with van der Waals surface area (Å²) in [6, 6.07) is 0. The zero-order valence-electron chi connectivity index (χ0n) is 10.4. The topological polar surface area (TPSA) is 17.1 Å². The molecule has 0 amide bonds. The van der Waals surface area contributed by atoms with Crippen LogP contribution in [0.4, 0.5) is 0 Å². The Hall–Kier alpha value is -1.11. The van der Waals surface area contributed by atoms with Crippen LogP contribution < -0.4 is 0 Å². The van der Waals surface area contributed by atoms with Gasteiger partial charge >= 0.3 is 0 Å². The molecule has 0 saturated heterocycles. The molecule has 0 N–H and O–H groups in total. The van der Waals surface area contributed by atoms with Crippen LogP contribution in [0.2, 0.25) is 0 Å². The highest BCUT2D eigenvalue weighted by Gasteiger charge is 2.20. The van der Waals surface area contributed by atoms with Crippen LogP contribution in [-0.4, -0.2) is 5.78 Å². The molecule has 0 aliphatic heterocycles. The Bertz CT molecular complexity index is 307. The van der Waals surface area contributed by atoms with Crippen LogP contribution >= 0.6 is 0 Å². The van der Waals surface area contributed by atoms with Gasteiger partial charge in [-0.05, 0) is 25.3 Å². The van der Waals surface area contributed by atoms with Crippen molar-refractivity contribution in [2.45, 2.75) is 46.0 Å². The van der Waals surface area contributed by atoms with Crippen LogP contribution in [0.25, 0.3) is 0 Å². The summed E-state index contributed by atoms with van der Waals surface area (Å²) in [5.41, 5.74) is 0.989. The van der Waals surface area contributed by atoms with Crippen LogP contribution in [0.3, 0.4) is 0 Å². The summed E-state index contributed by atoms with van der Waals surface area (Å²) in [7, 11) is 0. The third-order valence-electron chi connectivity index (χ3n) is 2.87. The first kappa shape index (κ1) is 13.0. The number of hydrogen-bond acceptors (Lipinski definition) is 1. The molecule has 1 aliphatic rings. The Labute approximate surface area is 98.9 Å². The lowest BCUT2D eigenvalue weighted by Gasteiger charge is -2.06. The van der Waals surface area contributed by atoms with E-state index >= 15 is 0 Å². The predicted molar refractivity (Wildman–Crippen MR) is 69.3 cm³/mol. The van der Waals surface area contributed by atoms with Gasteiger partial charge in [0.25, 0.3) is 0 Å². The van der Waals surface area contributed by atoms with Gasteiger partial charge in [0.05, 0.1) is 0 Å². The minimum absolute atomic E-state index is 0.203. The molecule has 0 aromatic heterocycles. The van der Waals surface area contributed by atoms with Crippen molar-refractivity contribution in [1.82, 2.24) is 0 Å². The van der Waals surface area contributed by atoms with Gasteiger partial charge in [-0.25, -0.2) is 0 Å². The monoisotopic (exact) mass is 218 g/mol. The predicted octanol–water partition coefficient (Wildman–Crippen LogP) is 4.21. The summed E-state index contributed by atoms with van der Waals surface area (Å²) in [4.78, 5) is 11.5. The van der Waals surface area contributed by atoms with Gasteiger partial charge in [-0.3, -0.25) is 4.79 Å². The fourth-order valence-electron chi connectivity index (χ4n) is 1.95. The van der Waals surface area contributed by atoms with E-state index in [4.69, 9.17) is 0 Å². The summed E-state index contributed by atoms with van der Waals surface area (Å²) >= 11 is 0. The van der Waals surface area contributed by atoms with Gasteiger partial charge in [-0.15, -0.1) is 0 Å². The first-order valence-corrected chi connectivity index (χ1v) is 6.37. The maximum atomic E-state index is 11.5. The number of ketones is 1. The van der Waals surface area contributed by atoms with Gasteiger partial charge < -0.3 is 0 Å². The molecule has 1 atom stereocenters. The molecule has 0 saturated carbocycles. The molecule has 16 heavy (non-hydrogen) atoms. The average Bonchev–Trinajstić information content (AvgIpc) is 2.62. The van der Waals surface area contributed by atoms with Crippen molar-refractivity contribution in [3.63, 3.8) is 0 Å². The van der Waals surface area contributed by atoms with Crippen LogP contribution in [0, 0.1) is 5.92 Å². The van der Waals surface area contributed by atoms with Crippen molar-refractivity contribution in [1.29, 1.82) is 0 Å². The zero-order valence-corrected chi connectivity index (χ0v) is 10.4. The van der Waals surface area contributed by atoms with E-state index in [1.807, 2.05) is 6.08 Å². The number of rotatable bonds is 6. The van der Waals surface area contributed by atoms with E-state index in [1.165, 1.54) is 12.8 Å². The van der Waals surface area contributed by atoms with Crippen LogP contribution in [0.1, 0.15) is 46.0 Å². The standard InChI is InChI=1S/C15H22O/c1-3-5-6-7-8-10-13-11-12-15(16)14(13)9-4-2/h7-9,11-13H,3-6,10H2,1-2H3/b8-7-,14-9+/t13-/m0/s1. The first-order valence-electron chi connectivity index (χ1n) is 6.37. The third-order valence-corrected chi connectivity index (χ3v) is 2.87. The second-order valence-corrected chi connectivity index (χ2v) is 4.25. The maximum absolute atomic E-state index is 11.5. The molecule has 88 valence electrons. The quantitative estimate of drug-likeness (QED) is 0.371. The first-order chi connectivity index (χ1) is 7.79. The molecule has 1 aliphatic carbocycles. The fourth-order valence-corrected chi connectivity index (χ4v) is 1.95. The molecule has 0 radical (unpaired) electrons. The van der Waals surface area contributed by atoms with E-state index < -0.39 is 0 Å². The highest BCUT2D eigenvalue weighted by molar-refractivity contribution is 6.07. The average molecular weight is 218 g/mol. The van der Waals surface area contributed by atoms with Crippen LogP contribution in [0.15, 0.2) is 36.0 Å².